The summed E-state index contributed by atoms with van der Waals surface area (Å²) in [6.45, 7) is 1.88. The maximum Gasteiger partial charge on any atom is 0.217 e. The minimum Gasteiger partial charge on any atom is -0.487 e. The molecule has 0 saturated carbocycles. The minimum absolute atomic E-state index is 0.104. The predicted molar refractivity (Wildman–Crippen MR) is 76.4 cm³/mol. The Balaban J connectivity index is 1.91. The highest BCUT2D eigenvalue weighted by atomic mass is 19.1. The number of fused-ring (bicyclic) bond motifs is 1. The number of halogens is 1. The molecule has 0 radical (unpaired) electrons. The van der Waals surface area contributed by atoms with Crippen LogP contribution in [0.15, 0.2) is 36.7 Å². The fourth-order valence-electron chi connectivity index (χ4n) is 2.50. The van der Waals surface area contributed by atoms with Crippen molar-refractivity contribution in [3.8, 4) is 16.9 Å². The van der Waals surface area contributed by atoms with Gasteiger partial charge in [-0.1, -0.05) is 6.07 Å². The lowest BCUT2D eigenvalue weighted by Gasteiger charge is -2.12. The monoisotopic (exact) mass is 286 g/mol. The standard InChI is InChI=1S/C16H15FN2O2/c1-10(20)19-9-14-6-12-5-13(17)7-15(16(12)21-14)11-3-2-4-18-8-11/h2-5,7-8,14H,6,9H2,1H3,(H,19,20)/t14-/m1/s1. The topological polar surface area (TPSA) is 51.2 Å². The molecule has 1 amide bonds. The number of hydrogen-bond donors (Lipinski definition) is 1. The molecule has 5 heteroatoms. The van der Waals surface area contributed by atoms with Gasteiger partial charge in [-0.05, 0) is 18.2 Å². The fourth-order valence-corrected chi connectivity index (χ4v) is 2.50. The van der Waals surface area contributed by atoms with Crippen LogP contribution in [0.25, 0.3) is 11.1 Å². The highest BCUT2D eigenvalue weighted by Gasteiger charge is 2.27. The van der Waals surface area contributed by atoms with Gasteiger partial charge in [0.05, 0.1) is 6.54 Å². The molecule has 0 bridgehead atoms. The smallest absolute Gasteiger partial charge is 0.217 e. The molecule has 1 atom stereocenters. The van der Waals surface area contributed by atoms with Crippen molar-refractivity contribution < 1.29 is 13.9 Å². The summed E-state index contributed by atoms with van der Waals surface area (Å²) in [5, 5.41) is 2.73. The van der Waals surface area contributed by atoms with E-state index in [1.54, 1.807) is 18.5 Å². The van der Waals surface area contributed by atoms with E-state index < -0.39 is 0 Å². The Morgan fingerprint density at radius 1 is 1.52 bits per heavy atom. The van der Waals surface area contributed by atoms with Gasteiger partial charge in [0.1, 0.15) is 17.7 Å². The van der Waals surface area contributed by atoms with Crippen molar-refractivity contribution in [2.75, 3.05) is 6.54 Å². The number of amides is 1. The van der Waals surface area contributed by atoms with Crippen LogP contribution < -0.4 is 10.1 Å². The number of carbonyl (C=O) groups is 1. The SMILES string of the molecule is CC(=O)NC[C@H]1Cc2cc(F)cc(-c3cccnc3)c2O1. The van der Waals surface area contributed by atoms with Crippen LogP contribution in [-0.4, -0.2) is 23.5 Å². The molecule has 108 valence electrons. The lowest BCUT2D eigenvalue weighted by atomic mass is 10.0. The minimum atomic E-state index is -0.295. The second-order valence-corrected chi connectivity index (χ2v) is 5.06. The van der Waals surface area contributed by atoms with Crippen molar-refractivity contribution in [2.45, 2.75) is 19.4 Å². The number of pyridine rings is 1. The Kier molecular flexibility index (Phi) is 3.56. The van der Waals surface area contributed by atoms with Crippen LogP contribution in [-0.2, 0) is 11.2 Å². The zero-order chi connectivity index (χ0) is 14.8. The normalized spacial score (nSPS) is 16.2. The van der Waals surface area contributed by atoms with Crippen LogP contribution in [0.1, 0.15) is 12.5 Å². The van der Waals surface area contributed by atoms with Crippen LogP contribution in [0.2, 0.25) is 0 Å². The number of nitrogens with zero attached hydrogens (tertiary/aromatic N) is 1. The third kappa shape index (κ3) is 2.86. The molecule has 3 rings (SSSR count). The summed E-state index contributed by atoms with van der Waals surface area (Å²) in [5.41, 5.74) is 2.33. The Labute approximate surface area is 122 Å². The average molecular weight is 286 g/mol. The maximum absolute atomic E-state index is 13.8. The molecular formula is C16H15FN2O2. The van der Waals surface area contributed by atoms with Gasteiger partial charge < -0.3 is 10.1 Å². The first-order chi connectivity index (χ1) is 10.1. The number of benzene rings is 1. The summed E-state index contributed by atoms with van der Waals surface area (Å²) in [6, 6.07) is 6.61. The van der Waals surface area contributed by atoms with E-state index in [9.17, 15) is 9.18 Å². The van der Waals surface area contributed by atoms with Crippen LogP contribution in [0, 0.1) is 5.82 Å². The number of ether oxygens (including phenoxy) is 1. The molecule has 2 heterocycles. The second kappa shape index (κ2) is 5.52. The van der Waals surface area contributed by atoms with Gasteiger partial charge in [-0.3, -0.25) is 9.78 Å². The van der Waals surface area contributed by atoms with Crippen LogP contribution in [0.5, 0.6) is 5.75 Å². The van der Waals surface area contributed by atoms with E-state index in [2.05, 4.69) is 10.3 Å². The molecule has 1 aliphatic heterocycles. The van der Waals surface area contributed by atoms with Crippen molar-refractivity contribution in [3.63, 3.8) is 0 Å². The van der Waals surface area contributed by atoms with Gasteiger partial charge in [-0.25, -0.2) is 4.39 Å². The quantitative estimate of drug-likeness (QED) is 0.942. The number of rotatable bonds is 3. The Morgan fingerprint density at radius 2 is 2.38 bits per heavy atom. The third-order valence-electron chi connectivity index (χ3n) is 3.41. The summed E-state index contributed by atoms with van der Waals surface area (Å²) < 4.78 is 19.7. The van der Waals surface area contributed by atoms with Gasteiger partial charge in [0.2, 0.25) is 5.91 Å². The van der Waals surface area contributed by atoms with Crippen molar-refractivity contribution in [3.05, 3.63) is 48.0 Å². The molecule has 2 aromatic rings. The van der Waals surface area contributed by atoms with Crippen molar-refractivity contribution in [1.82, 2.24) is 10.3 Å². The molecule has 1 aromatic heterocycles. The Morgan fingerprint density at radius 3 is 3.10 bits per heavy atom. The first-order valence-electron chi connectivity index (χ1n) is 6.77. The zero-order valence-corrected chi connectivity index (χ0v) is 11.6. The summed E-state index contributed by atoms with van der Waals surface area (Å²) >= 11 is 0. The number of nitrogens with one attached hydrogen (secondary N) is 1. The molecular weight excluding hydrogens is 271 g/mol. The molecule has 0 spiro atoms. The lowest BCUT2D eigenvalue weighted by Crippen LogP contribution is -2.32. The van der Waals surface area contributed by atoms with E-state index in [-0.39, 0.29) is 17.8 Å². The van der Waals surface area contributed by atoms with E-state index in [4.69, 9.17) is 4.74 Å². The van der Waals surface area contributed by atoms with Crippen LogP contribution in [0.3, 0.4) is 0 Å². The van der Waals surface area contributed by atoms with Gasteiger partial charge in [-0.2, -0.15) is 0 Å². The Hall–Kier alpha value is -2.43. The zero-order valence-electron chi connectivity index (χ0n) is 11.6. The second-order valence-electron chi connectivity index (χ2n) is 5.06. The van der Waals surface area contributed by atoms with Gasteiger partial charge in [-0.15, -0.1) is 0 Å². The maximum atomic E-state index is 13.8. The molecule has 0 unspecified atom stereocenters. The lowest BCUT2D eigenvalue weighted by molar-refractivity contribution is -0.119. The van der Waals surface area contributed by atoms with E-state index in [0.29, 0.717) is 24.3 Å². The van der Waals surface area contributed by atoms with Crippen molar-refractivity contribution in [1.29, 1.82) is 0 Å². The Bertz CT molecular complexity index is 673. The summed E-state index contributed by atoms with van der Waals surface area (Å²) in [4.78, 5) is 15.0. The van der Waals surface area contributed by atoms with Gasteiger partial charge in [0.25, 0.3) is 0 Å². The number of aromatic nitrogens is 1. The third-order valence-corrected chi connectivity index (χ3v) is 3.41. The number of hydrogen-bond acceptors (Lipinski definition) is 3. The molecule has 4 nitrogen and oxygen atoms in total. The van der Waals surface area contributed by atoms with E-state index in [1.807, 2.05) is 6.07 Å². The van der Waals surface area contributed by atoms with Crippen LogP contribution in [0.4, 0.5) is 4.39 Å². The van der Waals surface area contributed by atoms with Crippen molar-refractivity contribution >= 4 is 5.91 Å². The predicted octanol–water partition coefficient (Wildman–Crippen LogP) is 2.33. The van der Waals surface area contributed by atoms with Crippen molar-refractivity contribution in [2.24, 2.45) is 0 Å². The average Bonchev–Trinajstić information content (AvgIpc) is 2.88. The van der Waals surface area contributed by atoms with Gasteiger partial charge >= 0.3 is 0 Å². The molecule has 0 fully saturated rings. The summed E-state index contributed by atoms with van der Waals surface area (Å²) in [5.74, 6) is 0.282. The van der Waals surface area contributed by atoms with Crippen LogP contribution >= 0.6 is 0 Å². The van der Waals surface area contributed by atoms with Gasteiger partial charge in [0.15, 0.2) is 0 Å². The van der Waals surface area contributed by atoms with E-state index in [0.717, 1.165) is 11.1 Å². The summed E-state index contributed by atoms with van der Waals surface area (Å²) in [7, 11) is 0. The molecule has 1 aliphatic rings. The van der Waals surface area contributed by atoms with E-state index >= 15 is 0 Å². The van der Waals surface area contributed by atoms with E-state index in [1.165, 1.54) is 19.1 Å². The first-order valence-corrected chi connectivity index (χ1v) is 6.77. The highest BCUT2D eigenvalue weighted by Crippen LogP contribution is 2.39. The largest absolute Gasteiger partial charge is 0.487 e. The molecule has 1 aromatic carbocycles. The molecule has 0 aliphatic carbocycles. The molecule has 21 heavy (non-hydrogen) atoms. The molecule has 1 N–H and O–H groups in total. The number of carbonyl (C=O) groups excluding carboxylic acids is 1. The fraction of sp³-hybridized carbons (Fsp3) is 0.250. The highest BCUT2D eigenvalue weighted by molar-refractivity contribution is 5.74. The molecule has 0 saturated heterocycles. The van der Waals surface area contributed by atoms with Gasteiger partial charge in [0, 0.05) is 42.4 Å². The summed E-state index contributed by atoms with van der Waals surface area (Å²) in [6.07, 6.45) is 3.77. The first kappa shape index (κ1) is 13.5.